The van der Waals surface area contributed by atoms with E-state index in [-0.39, 0.29) is 10.8 Å². The number of phenolic OH excluding ortho intramolecular Hbond substituents is 1. The van der Waals surface area contributed by atoms with Crippen LogP contribution in [0.3, 0.4) is 0 Å². The standard InChI is InChI=1S/C14H12BrCl2NO/c15-11-3-1-2-9(4-11)7-18-8-10-5-12(16)6-13(17)14(10)19/h1-6,18-19H,7-8H2. The fourth-order valence-corrected chi connectivity index (χ4v) is 2.72. The molecule has 0 fully saturated rings. The molecular weight excluding hydrogens is 349 g/mol. The summed E-state index contributed by atoms with van der Waals surface area (Å²) >= 11 is 15.2. The number of halogens is 3. The van der Waals surface area contributed by atoms with Crippen molar-refractivity contribution < 1.29 is 5.11 Å². The molecule has 19 heavy (non-hydrogen) atoms. The number of hydrogen-bond donors (Lipinski definition) is 2. The maximum absolute atomic E-state index is 9.83. The molecule has 0 bridgehead atoms. The molecule has 2 aromatic rings. The van der Waals surface area contributed by atoms with Gasteiger partial charge < -0.3 is 10.4 Å². The van der Waals surface area contributed by atoms with E-state index < -0.39 is 0 Å². The SMILES string of the molecule is Oc1c(Cl)cc(Cl)cc1CNCc1cccc(Br)c1. The molecule has 0 radical (unpaired) electrons. The maximum atomic E-state index is 9.83. The molecule has 5 heteroatoms. The molecule has 2 rings (SSSR count). The van der Waals surface area contributed by atoms with Crippen LogP contribution in [0.15, 0.2) is 40.9 Å². The summed E-state index contributed by atoms with van der Waals surface area (Å²) in [6.07, 6.45) is 0. The van der Waals surface area contributed by atoms with Crippen LogP contribution in [0.1, 0.15) is 11.1 Å². The second-order valence-corrected chi connectivity index (χ2v) is 5.89. The Morgan fingerprint density at radius 3 is 2.63 bits per heavy atom. The van der Waals surface area contributed by atoms with Crippen molar-refractivity contribution in [1.82, 2.24) is 5.32 Å². The van der Waals surface area contributed by atoms with Crippen molar-refractivity contribution in [3.8, 4) is 5.75 Å². The van der Waals surface area contributed by atoms with Crippen molar-refractivity contribution in [2.45, 2.75) is 13.1 Å². The Bertz CT molecular complexity index is 590. The van der Waals surface area contributed by atoms with Crippen LogP contribution in [-0.4, -0.2) is 5.11 Å². The normalized spacial score (nSPS) is 10.7. The van der Waals surface area contributed by atoms with Crippen LogP contribution in [0, 0.1) is 0 Å². The Labute approximate surface area is 130 Å². The molecule has 0 amide bonds. The second kappa shape index (κ2) is 6.62. The lowest BCUT2D eigenvalue weighted by Crippen LogP contribution is -2.12. The summed E-state index contributed by atoms with van der Waals surface area (Å²) < 4.78 is 1.04. The molecule has 0 spiro atoms. The van der Waals surface area contributed by atoms with Gasteiger partial charge in [0.05, 0.1) is 5.02 Å². The topological polar surface area (TPSA) is 32.3 Å². The van der Waals surface area contributed by atoms with Gasteiger partial charge in [-0.3, -0.25) is 0 Å². The van der Waals surface area contributed by atoms with Crippen molar-refractivity contribution in [2.24, 2.45) is 0 Å². The average molecular weight is 361 g/mol. The summed E-state index contributed by atoms with van der Waals surface area (Å²) in [5.74, 6) is 0.0767. The molecule has 2 aromatic carbocycles. The van der Waals surface area contributed by atoms with Gasteiger partial charge in [-0.15, -0.1) is 0 Å². The number of phenols is 1. The fraction of sp³-hybridized carbons (Fsp3) is 0.143. The predicted octanol–water partition coefficient (Wildman–Crippen LogP) is 4.75. The summed E-state index contributed by atoms with van der Waals surface area (Å²) in [4.78, 5) is 0. The summed E-state index contributed by atoms with van der Waals surface area (Å²) in [6.45, 7) is 1.20. The Morgan fingerprint density at radius 2 is 1.89 bits per heavy atom. The van der Waals surface area contributed by atoms with Crippen LogP contribution in [0.4, 0.5) is 0 Å². The number of aromatic hydroxyl groups is 1. The summed E-state index contributed by atoms with van der Waals surface area (Å²) in [5.41, 5.74) is 1.84. The molecule has 2 N–H and O–H groups in total. The number of nitrogens with one attached hydrogen (secondary N) is 1. The molecule has 2 nitrogen and oxygen atoms in total. The summed E-state index contributed by atoms with van der Waals surface area (Å²) in [7, 11) is 0. The van der Waals surface area contributed by atoms with E-state index in [2.05, 4.69) is 21.2 Å². The number of rotatable bonds is 4. The fourth-order valence-electron chi connectivity index (χ4n) is 1.74. The first-order valence-corrected chi connectivity index (χ1v) is 7.23. The van der Waals surface area contributed by atoms with E-state index in [4.69, 9.17) is 23.2 Å². The van der Waals surface area contributed by atoms with Crippen LogP contribution in [0.2, 0.25) is 10.0 Å². The van der Waals surface area contributed by atoms with E-state index >= 15 is 0 Å². The monoisotopic (exact) mass is 359 g/mol. The molecule has 0 aliphatic heterocycles. The maximum Gasteiger partial charge on any atom is 0.138 e. The van der Waals surface area contributed by atoms with Gasteiger partial charge in [0.15, 0.2) is 0 Å². The van der Waals surface area contributed by atoms with E-state index in [1.165, 1.54) is 6.07 Å². The van der Waals surface area contributed by atoms with Gasteiger partial charge in [-0.05, 0) is 29.8 Å². The van der Waals surface area contributed by atoms with Crippen LogP contribution < -0.4 is 5.32 Å². The third kappa shape index (κ3) is 4.11. The highest BCUT2D eigenvalue weighted by molar-refractivity contribution is 9.10. The third-order valence-corrected chi connectivity index (χ3v) is 3.64. The number of hydrogen-bond acceptors (Lipinski definition) is 2. The Hall–Kier alpha value is -0.740. The van der Waals surface area contributed by atoms with Gasteiger partial charge in [-0.2, -0.15) is 0 Å². The minimum Gasteiger partial charge on any atom is -0.506 e. The van der Waals surface area contributed by atoms with Gasteiger partial charge in [0.2, 0.25) is 0 Å². The molecule has 0 aliphatic carbocycles. The average Bonchev–Trinajstić information content (AvgIpc) is 2.35. The lowest BCUT2D eigenvalue weighted by atomic mass is 10.2. The van der Waals surface area contributed by atoms with Crippen molar-refractivity contribution >= 4 is 39.1 Å². The quantitative estimate of drug-likeness (QED) is 0.824. The van der Waals surface area contributed by atoms with Gasteiger partial charge >= 0.3 is 0 Å². The molecule has 0 saturated heterocycles. The van der Waals surface area contributed by atoms with E-state index in [0.29, 0.717) is 23.7 Å². The highest BCUT2D eigenvalue weighted by Crippen LogP contribution is 2.31. The minimum atomic E-state index is 0.0767. The smallest absolute Gasteiger partial charge is 0.138 e. The minimum absolute atomic E-state index is 0.0767. The van der Waals surface area contributed by atoms with Crippen LogP contribution in [0.5, 0.6) is 5.75 Å². The van der Waals surface area contributed by atoms with Gasteiger partial charge in [-0.25, -0.2) is 0 Å². The van der Waals surface area contributed by atoms with Crippen molar-refractivity contribution in [3.63, 3.8) is 0 Å². The number of benzene rings is 2. The molecule has 0 saturated carbocycles. The first-order chi connectivity index (χ1) is 9.06. The third-order valence-electron chi connectivity index (χ3n) is 2.64. The van der Waals surface area contributed by atoms with E-state index in [9.17, 15) is 5.11 Å². The predicted molar refractivity (Wildman–Crippen MR) is 82.8 cm³/mol. The van der Waals surface area contributed by atoms with Gasteiger partial charge in [0.1, 0.15) is 5.75 Å². The molecule has 0 aromatic heterocycles. The van der Waals surface area contributed by atoms with Gasteiger partial charge in [-0.1, -0.05) is 51.3 Å². The van der Waals surface area contributed by atoms with Crippen molar-refractivity contribution in [1.29, 1.82) is 0 Å². The van der Waals surface area contributed by atoms with Crippen molar-refractivity contribution in [2.75, 3.05) is 0 Å². The van der Waals surface area contributed by atoms with Gasteiger partial charge in [0, 0.05) is 28.1 Å². The Morgan fingerprint density at radius 1 is 1.11 bits per heavy atom. The van der Waals surface area contributed by atoms with E-state index in [1.54, 1.807) is 6.07 Å². The summed E-state index contributed by atoms with van der Waals surface area (Å²) in [6, 6.07) is 11.3. The Kier molecular flexibility index (Phi) is 5.11. The van der Waals surface area contributed by atoms with Gasteiger partial charge in [0.25, 0.3) is 0 Å². The molecule has 0 aliphatic rings. The molecular formula is C14H12BrCl2NO. The summed E-state index contributed by atoms with van der Waals surface area (Å²) in [5, 5.41) is 13.9. The molecule has 100 valence electrons. The first kappa shape index (κ1) is 14.7. The highest BCUT2D eigenvalue weighted by atomic mass is 79.9. The van der Waals surface area contributed by atoms with Crippen LogP contribution >= 0.6 is 39.1 Å². The first-order valence-electron chi connectivity index (χ1n) is 5.68. The lowest BCUT2D eigenvalue weighted by Gasteiger charge is -2.09. The zero-order valence-corrected chi connectivity index (χ0v) is 13.1. The highest BCUT2D eigenvalue weighted by Gasteiger charge is 2.07. The molecule has 0 atom stereocenters. The lowest BCUT2D eigenvalue weighted by molar-refractivity contribution is 0.464. The van der Waals surface area contributed by atoms with Crippen LogP contribution in [0.25, 0.3) is 0 Å². The van der Waals surface area contributed by atoms with E-state index in [0.717, 1.165) is 10.0 Å². The second-order valence-electron chi connectivity index (χ2n) is 4.13. The van der Waals surface area contributed by atoms with Crippen LogP contribution in [-0.2, 0) is 13.1 Å². The molecule has 0 unspecified atom stereocenters. The van der Waals surface area contributed by atoms with Crippen molar-refractivity contribution in [3.05, 3.63) is 62.0 Å². The van der Waals surface area contributed by atoms with E-state index in [1.807, 2.05) is 24.3 Å². The largest absolute Gasteiger partial charge is 0.506 e. The Balaban J connectivity index is 2.00. The zero-order chi connectivity index (χ0) is 13.8. The zero-order valence-electron chi connectivity index (χ0n) is 9.96. The molecule has 0 heterocycles.